The first kappa shape index (κ1) is 34.0. The smallest absolute Gasteiger partial charge is 0.264 e. The van der Waals surface area contributed by atoms with E-state index in [0.717, 1.165) is 9.87 Å². The summed E-state index contributed by atoms with van der Waals surface area (Å²) in [4.78, 5) is 29.5. The molecule has 0 fully saturated rings. The minimum absolute atomic E-state index is 0.0223. The van der Waals surface area contributed by atoms with Crippen LogP contribution in [0, 0.1) is 5.82 Å². The number of nitrogens with one attached hydrogen (secondary N) is 1. The lowest BCUT2D eigenvalue weighted by Crippen LogP contribution is -2.56. The van der Waals surface area contributed by atoms with Crippen molar-refractivity contribution in [2.45, 2.75) is 50.2 Å². The Kier molecular flexibility index (Phi) is 10.9. The number of carbonyl (C=O) groups is 2. The maximum Gasteiger partial charge on any atom is 0.264 e. The second-order valence-electron chi connectivity index (χ2n) is 11.5. The predicted molar refractivity (Wildman–Crippen MR) is 176 cm³/mol. The molecule has 236 valence electrons. The molecular weight excluding hydrogens is 636 g/mol. The number of benzene rings is 4. The van der Waals surface area contributed by atoms with E-state index >= 15 is 4.39 Å². The highest BCUT2D eigenvalue weighted by molar-refractivity contribution is 7.92. The van der Waals surface area contributed by atoms with E-state index in [9.17, 15) is 18.0 Å². The maximum absolute atomic E-state index is 15.0. The number of anilines is 1. The molecule has 0 aliphatic rings. The Morgan fingerprint density at radius 3 is 2.07 bits per heavy atom. The summed E-state index contributed by atoms with van der Waals surface area (Å²) in [5, 5.41) is 2.95. The largest absolute Gasteiger partial charge is 0.350 e. The molecule has 2 amide bonds. The number of hydrogen-bond donors (Lipinski definition) is 1. The number of carbonyl (C=O) groups excluding carboxylic acids is 2. The van der Waals surface area contributed by atoms with Crippen molar-refractivity contribution in [3.8, 4) is 0 Å². The van der Waals surface area contributed by atoms with Crippen LogP contribution in [-0.2, 0) is 32.6 Å². The van der Waals surface area contributed by atoms with Gasteiger partial charge < -0.3 is 10.2 Å². The molecule has 4 aromatic carbocycles. The van der Waals surface area contributed by atoms with Gasteiger partial charge in [-0.1, -0.05) is 96.0 Å². The number of sulfonamides is 1. The van der Waals surface area contributed by atoms with Crippen LogP contribution in [0.2, 0.25) is 10.0 Å². The van der Waals surface area contributed by atoms with E-state index in [1.54, 1.807) is 24.3 Å². The van der Waals surface area contributed by atoms with Gasteiger partial charge in [0.05, 0.1) is 20.6 Å². The van der Waals surface area contributed by atoms with Crippen LogP contribution in [-0.4, -0.2) is 43.3 Å². The first-order valence-corrected chi connectivity index (χ1v) is 16.4. The molecule has 45 heavy (non-hydrogen) atoms. The van der Waals surface area contributed by atoms with Gasteiger partial charge in [-0.2, -0.15) is 0 Å². The van der Waals surface area contributed by atoms with E-state index in [1.807, 2.05) is 51.1 Å². The second kappa shape index (κ2) is 14.5. The molecule has 0 spiro atoms. The predicted octanol–water partition coefficient (Wildman–Crippen LogP) is 6.88. The molecule has 0 saturated heterocycles. The van der Waals surface area contributed by atoms with Gasteiger partial charge in [-0.15, -0.1) is 0 Å². The van der Waals surface area contributed by atoms with Crippen molar-refractivity contribution in [3.05, 3.63) is 130 Å². The first-order chi connectivity index (χ1) is 21.3. The van der Waals surface area contributed by atoms with E-state index in [-0.39, 0.29) is 39.2 Å². The molecule has 0 aliphatic carbocycles. The van der Waals surface area contributed by atoms with Crippen LogP contribution in [0.3, 0.4) is 0 Å². The van der Waals surface area contributed by atoms with E-state index in [4.69, 9.17) is 23.2 Å². The van der Waals surface area contributed by atoms with Gasteiger partial charge in [-0.05, 0) is 56.7 Å². The van der Waals surface area contributed by atoms with Gasteiger partial charge in [0.2, 0.25) is 11.8 Å². The van der Waals surface area contributed by atoms with Gasteiger partial charge in [-0.3, -0.25) is 13.9 Å². The highest BCUT2D eigenvalue weighted by Gasteiger charge is 2.36. The zero-order chi connectivity index (χ0) is 32.8. The molecule has 11 heteroatoms. The molecule has 0 bridgehead atoms. The summed E-state index contributed by atoms with van der Waals surface area (Å²) in [6.45, 7) is 4.37. The van der Waals surface area contributed by atoms with E-state index in [1.165, 1.54) is 53.4 Å². The maximum atomic E-state index is 15.0. The zero-order valence-corrected chi connectivity index (χ0v) is 27.4. The standard InChI is InChI=1S/C34H34Cl2FN3O4S/c1-34(2,3)38-33(42)30(21-24-13-6-4-7-14-24)39(22-25-15-10-11-19-28(25)37)31(41)23-40(29-20-12-18-27(35)32(29)36)45(43,44)26-16-8-5-9-17-26/h4-20,30H,21-23H2,1-3H3,(H,38,42)/t30-/m0/s1. The number of nitrogens with zero attached hydrogens (tertiary/aromatic N) is 2. The Labute approximate surface area is 273 Å². The summed E-state index contributed by atoms with van der Waals surface area (Å²) in [6, 6.07) is 25.9. The summed E-state index contributed by atoms with van der Waals surface area (Å²) in [5.41, 5.74) is 0.233. The third-order valence-corrected chi connectivity index (χ3v) is 9.46. The Morgan fingerprint density at radius 2 is 1.44 bits per heavy atom. The molecular formula is C34H34Cl2FN3O4S. The Bertz CT molecular complexity index is 1750. The molecule has 0 unspecified atom stereocenters. The van der Waals surface area contributed by atoms with Crippen molar-refractivity contribution in [2.24, 2.45) is 0 Å². The number of rotatable bonds is 11. The fourth-order valence-corrected chi connectivity index (χ4v) is 6.63. The lowest BCUT2D eigenvalue weighted by Gasteiger charge is -2.35. The quantitative estimate of drug-likeness (QED) is 0.189. The highest BCUT2D eigenvalue weighted by Crippen LogP contribution is 2.35. The average Bonchev–Trinajstić information content (AvgIpc) is 3.00. The number of hydrogen-bond acceptors (Lipinski definition) is 4. The van der Waals surface area contributed by atoms with Crippen LogP contribution in [0.4, 0.5) is 10.1 Å². The van der Waals surface area contributed by atoms with Gasteiger partial charge in [0.15, 0.2) is 0 Å². The fraction of sp³-hybridized carbons (Fsp3) is 0.235. The van der Waals surface area contributed by atoms with Crippen LogP contribution in [0.25, 0.3) is 0 Å². The summed E-state index contributed by atoms with van der Waals surface area (Å²) in [5.74, 6) is -1.80. The molecule has 0 aliphatic heterocycles. The Balaban J connectivity index is 1.85. The monoisotopic (exact) mass is 669 g/mol. The van der Waals surface area contributed by atoms with Crippen molar-refractivity contribution in [2.75, 3.05) is 10.8 Å². The highest BCUT2D eigenvalue weighted by atomic mass is 35.5. The third-order valence-electron chi connectivity index (χ3n) is 6.88. The zero-order valence-electron chi connectivity index (χ0n) is 25.1. The van der Waals surface area contributed by atoms with Crippen molar-refractivity contribution in [3.63, 3.8) is 0 Å². The van der Waals surface area contributed by atoms with Crippen molar-refractivity contribution >= 4 is 50.7 Å². The van der Waals surface area contributed by atoms with Crippen LogP contribution < -0.4 is 9.62 Å². The molecule has 1 N–H and O–H groups in total. The molecule has 4 aromatic rings. The molecule has 1 atom stereocenters. The summed E-state index contributed by atoms with van der Waals surface area (Å²) in [7, 11) is -4.37. The fourth-order valence-electron chi connectivity index (χ4n) is 4.74. The van der Waals surface area contributed by atoms with Gasteiger partial charge >= 0.3 is 0 Å². The van der Waals surface area contributed by atoms with Crippen molar-refractivity contribution in [1.29, 1.82) is 0 Å². The summed E-state index contributed by atoms with van der Waals surface area (Å²) < 4.78 is 44.0. The first-order valence-electron chi connectivity index (χ1n) is 14.2. The van der Waals surface area contributed by atoms with E-state index in [0.29, 0.717) is 0 Å². The molecule has 0 radical (unpaired) electrons. The number of halogens is 3. The summed E-state index contributed by atoms with van der Waals surface area (Å²) >= 11 is 12.8. The van der Waals surface area contributed by atoms with Crippen LogP contribution >= 0.6 is 23.2 Å². The minimum atomic E-state index is -4.37. The molecule has 0 aromatic heterocycles. The van der Waals surface area contributed by atoms with Gasteiger partial charge in [-0.25, -0.2) is 12.8 Å². The molecule has 7 nitrogen and oxygen atoms in total. The normalized spacial score (nSPS) is 12.3. The van der Waals surface area contributed by atoms with Crippen molar-refractivity contribution < 1.29 is 22.4 Å². The van der Waals surface area contributed by atoms with Gasteiger partial charge in [0, 0.05) is 24.1 Å². The van der Waals surface area contributed by atoms with Crippen LogP contribution in [0.5, 0.6) is 0 Å². The third kappa shape index (κ3) is 8.63. The number of amides is 2. The molecule has 4 rings (SSSR count). The Hall–Kier alpha value is -3.92. The summed E-state index contributed by atoms with van der Waals surface area (Å²) in [6.07, 6.45) is 0.0896. The van der Waals surface area contributed by atoms with Gasteiger partial charge in [0.1, 0.15) is 18.4 Å². The lowest BCUT2D eigenvalue weighted by molar-refractivity contribution is -0.140. The molecule has 0 heterocycles. The van der Waals surface area contributed by atoms with Crippen LogP contribution in [0.1, 0.15) is 31.9 Å². The van der Waals surface area contributed by atoms with E-state index in [2.05, 4.69) is 5.32 Å². The topological polar surface area (TPSA) is 86.8 Å². The lowest BCUT2D eigenvalue weighted by atomic mass is 10.0. The average molecular weight is 671 g/mol. The van der Waals surface area contributed by atoms with Crippen LogP contribution in [0.15, 0.2) is 108 Å². The van der Waals surface area contributed by atoms with E-state index < -0.39 is 45.8 Å². The van der Waals surface area contributed by atoms with Gasteiger partial charge in [0.25, 0.3) is 10.0 Å². The Morgan fingerprint density at radius 1 is 0.844 bits per heavy atom. The van der Waals surface area contributed by atoms with Crippen molar-refractivity contribution in [1.82, 2.24) is 10.2 Å². The SMILES string of the molecule is CC(C)(C)NC(=O)[C@H](Cc1ccccc1)N(Cc1ccccc1F)C(=O)CN(c1cccc(Cl)c1Cl)S(=O)(=O)c1ccccc1. The minimum Gasteiger partial charge on any atom is -0.350 e. The second-order valence-corrected chi connectivity index (χ2v) is 14.1. The molecule has 0 saturated carbocycles.